The van der Waals surface area contributed by atoms with Gasteiger partial charge in [0.15, 0.2) is 5.60 Å². The Hall–Kier alpha value is -0.250. The highest BCUT2D eigenvalue weighted by Crippen LogP contribution is 2.38. The Bertz CT molecular complexity index is 213. The standard InChI is InChI=1S/C12H23F3O/c1-6-9(10(2,3)4)7-8-11(5,16)12(13,14)15/h9,16H,6-8H2,1-5H3/t9-,11?/m0/s1. The molecule has 0 aliphatic rings. The highest BCUT2D eigenvalue weighted by molar-refractivity contribution is 4.84. The molecule has 16 heavy (non-hydrogen) atoms. The Morgan fingerprint density at radius 1 is 1.06 bits per heavy atom. The Kier molecular flexibility index (Phi) is 4.87. The van der Waals surface area contributed by atoms with E-state index in [0.717, 1.165) is 13.3 Å². The van der Waals surface area contributed by atoms with Gasteiger partial charge in [0.2, 0.25) is 0 Å². The van der Waals surface area contributed by atoms with E-state index in [2.05, 4.69) is 0 Å². The monoisotopic (exact) mass is 240 g/mol. The molecule has 1 N–H and O–H groups in total. The molecule has 0 aromatic carbocycles. The van der Waals surface area contributed by atoms with Crippen LogP contribution in [0.25, 0.3) is 0 Å². The predicted molar refractivity (Wildman–Crippen MR) is 59.1 cm³/mol. The summed E-state index contributed by atoms with van der Waals surface area (Å²) in [5, 5.41) is 9.34. The van der Waals surface area contributed by atoms with E-state index in [1.165, 1.54) is 0 Å². The van der Waals surface area contributed by atoms with Crippen molar-refractivity contribution in [2.45, 2.75) is 65.7 Å². The summed E-state index contributed by atoms with van der Waals surface area (Å²) >= 11 is 0. The molecule has 4 heteroatoms. The number of hydrogen-bond donors (Lipinski definition) is 1. The molecule has 0 fully saturated rings. The molecule has 98 valence electrons. The van der Waals surface area contributed by atoms with E-state index < -0.39 is 11.8 Å². The van der Waals surface area contributed by atoms with Crippen LogP contribution in [-0.4, -0.2) is 16.9 Å². The number of alkyl halides is 3. The number of rotatable bonds is 4. The van der Waals surface area contributed by atoms with Gasteiger partial charge in [-0.2, -0.15) is 13.2 Å². The van der Waals surface area contributed by atoms with Gasteiger partial charge >= 0.3 is 6.18 Å². The molecule has 1 nitrogen and oxygen atoms in total. The van der Waals surface area contributed by atoms with Crippen molar-refractivity contribution in [3.63, 3.8) is 0 Å². The SMILES string of the molecule is CC[C@@H](CCC(C)(O)C(F)(F)F)C(C)(C)C. The van der Waals surface area contributed by atoms with Gasteiger partial charge < -0.3 is 5.11 Å². The van der Waals surface area contributed by atoms with Crippen LogP contribution in [0.5, 0.6) is 0 Å². The van der Waals surface area contributed by atoms with Crippen molar-refractivity contribution < 1.29 is 18.3 Å². The van der Waals surface area contributed by atoms with Gasteiger partial charge in [-0.25, -0.2) is 0 Å². The first kappa shape index (κ1) is 15.8. The Labute approximate surface area is 96.0 Å². The van der Waals surface area contributed by atoms with Gasteiger partial charge in [-0.05, 0) is 31.1 Å². The summed E-state index contributed by atoms with van der Waals surface area (Å²) in [5.41, 5.74) is -2.58. The molecular weight excluding hydrogens is 217 g/mol. The molecule has 0 aromatic heterocycles. The van der Waals surface area contributed by atoms with Crippen LogP contribution in [0, 0.1) is 11.3 Å². The third-order valence-corrected chi connectivity index (χ3v) is 3.31. The lowest BCUT2D eigenvalue weighted by atomic mass is 9.75. The van der Waals surface area contributed by atoms with Crippen LogP contribution in [0.3, 0.4) is 0 Å². The Morgan fingerprint density at radius 2 is 1.50 bits per heavy atom. The molecule has 0 bridgehead atoms. The van der Waals surface area contributed by atoms with Crippen molar-refractivity contribution in [2.75, 3.05) is 0 Å². The predicted octanol–water partition coefficient (Wildman–Crippen LogP) is 4.15. The normalized spacial score (nSPS) is 19.3. The summed E-state index contributed by atoms with van der Waals surface area (Å²) < 4.78 is 37.3. The van der Waals surface area contributed by atoms with Crippen molar-refractivity contribution in [1.29, 1.82) is 0 Å². The van der Waals surface area contributed by atoms with E-state index in [0.29, 0.717) is 6.42 Å². The van der Waals surface area contributed by atoms with Crippen LogP contribution in [0.15, 0.2) is 0 Å². The summed E-state index contributed by atoms with van der Waals surface area (Å²) in [6.07, 6.45) is -3.54. The van der Waals surface area contributed by atoms with E-state index in [1.807, 2.05) is 27.7 Å². The fraction of sp³-hybridized carbons (Fsp3) is 1.00. The van der Waals surface area contributed by atoms with Crippen molar-refractivity contribution in [1.82, 2.24) is 0 Å². The minimum Gasteiger partial charge on any atom is -0.381 e. The summed E-state index contributed by atoms with van der Waals surface area (Å²) in [6.45, 7) is 8.87. The minimum atomic E-state index is -4.54. The van der Waals surface area contributed by atoms with Gasteiger partial charge in [-0.3, -0.25) is 0 Å². The molecule has 0 aliphatic heterocycles. The van der Waals surface area contributed by atoms with Gasteiger partial charge in [-0.15, -0.1) is 0 Å². The number of aliphatic hydroxyl groups is 1. The van der Waals surface area contributed by atoms with Crippen molar-refractivity contribution in [2.24, 2.45) is 11.3 Å². The van der Waals surface area contributed by atoms with Crippen LogP contribution in [0.1, 0.15) is 53.9 Å². The van der Waals surface area contributed by atoms with Crippen LogP contribution in [0.2, 0.25) is 0 Å². The maximum absolute atomic E-state index is 12.4. The van der Waals surface area contributed by atoms with E-state index in [4.69, 9.17) is 0 Å². The van der Waals surface area contributed by atoms with E-state index >= 15 is 0 Å². The summed E-state index contributed by atoms with van der Waals surface area (Å²) in [7, 11) is 0. The Balaban J connectivity index is 4.44. The fourth-order valence-corrected chi connectivity index (χ4v) is 1.85. The summed E-state index contributed by atoms with van der Waals surface area (Å²) in [6, 6.07) is 0. The van der Waals surface area contributed by atoms with Crippen molar-refractivity contribution in [3.05, 3.63) is 0 Å². The third-order valence-electron chi connectivity index (χ3n) is 3.31. The third kappa shape index (κ3) is 4.32. The molecular formula is C12H23F3O. The molecule has 0 spiro atoms. The summed E-state index contributed by atoms with van der Waals surface area (Å²) in [5.74, 6) is 0.196. The zero-order valence-electron chi connectivity index (χ0n) is 10.8. The molecule has 1 unspecified atom stereocenters. The van der Waals surface area contributed by atoms with E-state index in [-0.39, 0.29) is 17.8 Å². The lowest BCUT2D eigenvalue weighted by molar-refractivity contribution is -0.256. The van der Waals surface area contributed by atoms with Crippen LogP contribution < -0.4 is 0 Å². The summed E-state index contributed by atoms with van der Waals surface area (Å²) in [4.78, 5) is 0. The van der Waals surface area contributed by atoms with E-state index in [9.17, 15) is 18.3 Å². The quantitative estimate of drug-likeness (QED) is 0.782. The van der Waals surface area contributed by atoms with Crippen molar-refractivity contribution >= 4 is 0 Å². The maximum Gasteiger partial charge on any atom is 0.416 e. The van der Waals surface area contributed by atoms with Gasteiger partial charge in [0.1, 0.15) is 0 Å². The van der Waals surface area contributed by atoms with Crippen LogP contribution >= 0.6 is 0 Å². The van der Waals surface area contributed by atoms with Gasteiger partial charge in [-0.1, -0.05) is 34.1 Å². The highest BCUT2D eigenvalue weighted by atomic mass is 19.4. The average molecular weight is 240 g/mol. The fourth-order valence-electron chi connectivity index (χ4n) is 1.85. The second-order valence-electron chi connectivity index (χ2n) is 5.78. The van der Waals surface area contributed by atoms with Gasteiger partial charge in [0.25, 0.3) is 0 Å². The molecule has 0 heterocycles. The minimum absolute atomic E-state index is 0.0174. The molecule has 0 saturated heterocycles. The second-order valence-corrected chi connectivity index (χ2v) is 5.78. The molecule has 2 atom stereocenters. The molecule has 0 amide bonds. The average Bonchev–Trinajstić information content (AvgIpc) is 2.00. The largest absolute Gasteiger partial charge is 0.416 e. The highest BCUT2D eigenvalue weighted by Gasteiger charge is 2.49. The molecule has 0 radical (unpaired) electrons. The van der Waals surface area contributed by atoms with Crippen molar-refractivity contribution in [3.8, 4) is 0 Å². The zero-order valence-corrected chi connectivity index (χ0v) is 10.8. The number of halogens is 3. The maximum atomic E-state index is 12.4. The first-order valence-electron chi connectivity index (χ1n) is 5.71. The van der Waals surface area contributed by atoms with Gasteiger partial charge in [0.05, 0.1) is 0 Å². The lowest BCUT2D eigenvalue weighted by Gasteiger charge is -2.33. The molecule has 0 rings (SSSR count). The number of hydrogen-bond acceptors (Lipinski definition) is 1. The topological polar surface area (TPSA) is 20.2 Å². The molecule has 0 saturated carbocycles. The van der Waals surface area contributed by atoms with Gasteiger partial charge in [0, 0.05) is 0 Å². The van der Waals surface area contributed by atoms with Crippen LogP contribution in [-0.2, 0) is 0 Å². The Morgan fingerprint density at radius 3 is 1.75 bits per heavy atom. The van der Waals surface area contributed by atoms with E-state index in [1.54, 1.807) is 0 Å². The first-order valence-corrected chi connectivity index (χ1v) is 5.71. The molecule has 0 aliphatic carbocycles. The zero-order chi connectivity index (χ0) is 13.2. The lowest BCUT2D eigenvalue weighted by Crippen LogP contribution is -2.42. The smallest absolute Gasteiger partial charge is 0.381 e. The second kappa shape index (κ2) is 4.94. The molecule has 0 aromatic rings. The first-order chi connectivity index (χ1) is 6.92. The van der Waals surface area contributed by atoms with Crippen LogP contribution in [0.4, 0.5) is 13.2 Å².